The third kappa shape index (κ3) is 3.51. The van der Waals surface area contributed by atoms with Crippen LogP contribution in [0.25, 0.3) is 0 Å². The molecule has 1 aromatic carbocycles. The zero-order valence-electron chi connectivity index (χ0n) is 11.9. The Morgan fingerprint density at radius 3 is 2.70 bits per heavy atom. The Balaban J connectivity index is 1.99. The van der Waals surface area contributed by atoms with Crippen LogP contribution in [-0.2, 0) is 4.79 Å². The Morgan fingerprint density at radius 1 is 1.40 bits per heavy atom. The van der Waals surface area contributed by atoms with E-state index in [-0.39, 0.29) is 29.2 Å². The first-order valence-electron chi connectivity index (χ1n) is 6.97. The van der Waals surface area contributed by atoms with Gasteiger partial charge >= 0.3 is 0 Å². The summed E-state index contributed by atoms with van der Waals surface area (Å²) in [5, 5.41) is 0. The minimum atomic E-state index is -0.348. The van der Waals surface area contributed by atoms with Crippen LogP contribution in [0.15, 0.2) is 24.3 Å². The van der Waals surface area contributed by atoms with Crippen molar-refractivity contribution >= 4 is 11.6 Å². The largest absolute Gasteiger partial charge is 0.305 e. The molecule has 0 N–H and O–H groups in total. The first-order chi connectivity index (χ1) is 9.47. The van der Waals surface area contributed by atoms with E-state index in [0.717, 1.165) is 13.1 Å². The smallest absolute Gasteiger partial charge is 0.163 e. The van der Waals surface area contributed by atoms with Crippen molar-refractivity contribution in [3.05, 3.63) is 35.6 Å². The first-order valence-corrected chi connectivity index (χ1v) is 6.97. The van der Waals surface area contributed by atoms with Gasteiger partial charge in [0, 0.05) is 37.4 Å². The summed E-state index contributed by atoms with van der Waals surface area (Å²) in [5.74, 6) is -0.180. The average Bonchev–Trinajstić information content (AvgIpc) is 2.42. The second kappa shape index (κ2) is 6.27. The Morgan fingerprint density at radius 2 is 2.05 bits per heavy atom. The summed E-state index contributed by atoms with van der Waals surface area (Å²) in [5.41, 5.74) is 0.509. The Bertz CT molecular complexity index is 498. The van der Waals surface area contributed by atoms with Crippen LogP contribution in [0.3, 0.4) is 0 Å². The zero-order valence-corrected chi connectivity index (χ0v) is 11.9. The van der Waals surface area contributed by atoms with Gasteiger partial charge in [-0.05, 0) is 37.2 Å². The number of hydrogen-bond donors (Lipinski definition) is 0. The predicted octanol–water partition coefficient (Wildman–Crippen LogP) is 2.56. The monoisotopic (exact) mass is 277 g/mol. The van der Waals surface area contributed by atoms with Gasteiger partial charge in [-0.3, -0.25) is 9.59 Å². The number of hydrogen-bond acceptors (Lipinski definition) is 3. The van der Waals surface area contributed by atoms with E-state index < -0.39 is 0 Å². The maximum absolute atomic E-state index is 12.8. The second-order valence-electron chi connectivity index (χ2n) is 5.70. The molecule has 1 aliphatic heterocycles. The van der Waals surface area contributed by atoms with Crippen molar-refractivity contribution in [3.63, 3.8) is 0 Å². The molecule has 0 aromatic heterocycles. The quantitative estimate of drug-likeness (QED) is 0.794. The number of likely N-dealkylation sites (tertiary alicyclic amines) is 1. The molecule has 3 nitrogen and oxygen atoms in total. The normalized spacial score (nSPS) is 21.8. The lowest BCUT2D eigenvalue weighted by molar-refractivity contribution is -0.127. The number of benzene rings is 1. The Labute approximate surface area is 118 Å². The highest BCUT2D eigenvalue weighted by molar-refractivity contribution is 5.96. The van der Waals surface area contributed by atoms with Gasteiger partial charge in [-0.15, -0.1) is 0 Å². The van der Waals surface area contributed by atoms with Crippen molar-refractivity contribution in [2.45, 2.75) is 19.8 Å². The van der Waals surface area contributed by atoms with Crippen molar-refractivity contribution in [2.75, 3.05) is 20.1 Å². The topological polar surface area (TPSA) is 37.4 Å². The molecule has 1 aromatic rings. The van der Waals surface area contributed by atoms with Crippen LogP contribution in [0.4, 0.5) is 4.39 Å². The Hall–Kier alpha value is -1.55. The van der Waals surface area contributed by atoms with Gasteiger partial charge in [-0.1, -0.05) is 6.92 Å². The molecule has 1 heterocycles. The molecule has 1 aliphatic rings. The van der Waals surface area contributed by atoms with Gasteiger partial charge in [0.2, 0.25) is 0 Å². The fourth-order valence-corrected chi connectivity index (χ4v) is 2.70. The molecule has 4 heteroatoms. The van der Waals surface area contributed by atoms with Crippen molar-refractivity contribution in [3.8, 4) is 0 Å². The molecule has 0 spiro atoms. The van der Waals surface area contributed by atoms with Gasteiger partial charge < -0.3 is 4.90 Å². The minimum absolute atomic E-state index is 0.0165. The molecule has 2 atom stereocenters. The van der Waals surface area contributed by atoms with E-state index in [2.05, 4.69) is 4.90 Å². The number of piperidine rings is 1. The number of halogens is 1. The molecular weight excluding hydrogens is 257 g/mol. The molecule has 1 saturated heterocycles. The van der Waals surface area contributed by atoms with Crippen LogP contribution in [0, 0.1) is 17.7 Å². The lowest BCUT2D eigenvalue weighted by Gasteiger charge is -2.32. The summed E-state index contributed by atoms with van der Waals surface area (Å²) in [7, 11) is 1.99. The van der Waals surface area contributed by atoms with Gasteiger partial charge in [0.15, 0.2) is 5.78 Å². The molecule has 0 bridgehead atoms. The van der Waals surface area contributed by atoms with Gasteiger partial charge in [-0.2, -0.15) is 0 Å². The molecular formula is C16H20FNO2. The third-order valence-corrected chi connectivity index (χ3v) is 4.02. The number of carbonyl (C=O) groups is 2. The highest BCUT2D eigenvalue weighted by Crippen LogP contribution is 2.24. The van der Waals surface area contributed by atoms with E-state index in [1.165, 1.54) is 24.3 Å². The van der Waals surface area contributed by atoms with Gasteiger partial charge in [0.05, 0.1) is 0 Å². The summed E-state index contributed by atoms with van der Waals surface area (Å²) in [6.07, 6.45) is 0.895. The van der Waals surface area contributed by atoms with E-state index in [1.807, 2.05) is 14.0 Å². The molecule has 108 valence electrons. The van der Waals surface area contributed by atoms with E-state index in [4.69, 9.17) is 0 Å². The van der Waals surface area contributed by atoms with Crippen LogP contribution in [-0.4, -0.2) is 36.6 Å². The lowest BCUT2D eigenvalue weighted by Crippen LogP contribution is -2.41. The minimum Gasteiger partial charge on any atom is -0.305 e. The van der Waals surface area contributed by atoms with Crippen molar-refractivity contribution in [1.29, 1.82) is 0 Å². The molecule has 0 saturated carbocycles. The number of ketones is 2. The average molecular weight is 277 g/mol. The van der Waals surface area contributed by atoms with Crippen LogP contribution in [0.2, 0.25) is 0 Å². The predicted molar refractivity (Wildman–Crippen MR) is 75.1 cm³/mol. The van der Waals surface area contributed by atoms with Crippen LogP contribution in [0.5, 0.6) is 0 Å². The molecule has 2 rings (SSSR count). The molecule has 0 aliphatic carbocycles. The van der Waals surface area contributed by atoms with Gasteiger partial charge in [-0.25, -0.2) is 4.39 Å². The molecule has 0 radical (unpaired) electrons. The SMILES string of the molecule is CC(CC(=O)c1ccc(F)cc1)C1CN(C)CCC1=O. The summed E-state index contributed by atoms with van der Waals surface area (Å²) < 4.78 is 12.8. The maximum atomic E-state index is 12.8. The van der Waals surface area contributed by atoms with E-state index >= 15 is 0 Å². The van der Waals surface area contributed by atoms with E-state index in [1.54, 1.807) is 0 Å². The Kier molecular flexibility index (Phi) is 4.65. The summed E-state index contributed by atoms with van der Waals surface area (Å²) >= 11 is 0. The van der Waals surface area contributed by atoms with Crippen molar-refractivity contribution < 1.29 is 14.0 Å². The number of carbonyl (C=O) groups excluding carboxylic acids is 2. The summed E-state index contributed by atoms with van der Waals surface area (Å²) in [4.78, 5) is 26.2. The van der Waals surface area contributed by atoms with E-state index in [0.29, 0.717) is 18.4 Å². The number of nitrogens with zero attached hydrogens (tertiary/aromatic N) is 1. The highest BCUT2D eigenvalue weighted by Gasteiger charge is 2.31. The van der Waals surface area contributed by atoms with Crippen molar-refractivity contribution in [2.24, 2.45) is 11.8 Å². The standard InChI is InChI=1S/C16H20FNO2/c1-11(14-10-18(2)8-7-15(14)19)9-16(20)12-3-5-13(17)6-4-12/h3-6,11,14H,7-10H2,1-2H3. The fourth-order valence-electron chi connectivity index (χ4n) is 2.70. The molecule has 2 unspecified atom stereocenters. The lowest BCUT2D eigenvalue weighted by atomic mass is 9.82. The number of Topliss-reactive ketones (excluding diaryl/α,β-unsaturated/α-hetero) is 2. The first kappa shape index (κ1) is 14.9. The molecule has 1 fully saturated rings. The van der Waals surface area contributed by atoms with E-state index in [9.17, 15) is 14.0 Å². The molecule has 20 heavy (non-hydrogen) atoms. The highest BCUT2D eigenvalue weighted by atomic mass is 19.1. The number of rotatable bonds is 4. The summed E-state index contributed by atoms with van der Waals surface area (Å²) in [6.45, 7) is 3.47. The fraction of sp³-hybridized carbons (Fsp3) is 0.500. The zero-order chi connectivity index (χ0) is 14.7. The van der Waals surface area contributed by atoms with Crippen LogP contribution in [0.1, 0.15) is 30.1 Å². The van der Waals surface area contributed by atoms with Gasteiger partial charge in [0.25, 0.3) is 0 Å². The third-order valence-electron chi connectivity index (χ3n) is 4.02. The van der Waals surface area contributed by atoms with Crippen LogP contribution >= 0.6 is 0 Å². The second-order valence-corrected chi connectivity index (χ2v) is 5.70. The van der Waals surface area contributed by atoms with Crippen molar-refractivity contribution in [1.82, 2.24) is 4.90 Å². The molecule has 0 amide bonds. The maximum Gasteiger partial charge on any atom is 0.163 e. The van der Waals surface area contributed by atoms with Crippen LogP contribution < -0.4 is 0 Å². The van der Waals surface area contributed by atoms with Gasteiger partial charge in [0.1, 0.15) is 11.6 Å². The summed E-state index contributed by atoms with van der Waals surface area (Å²) in [6, 6.07) is 5.58.